The van der Waals surface area contributed by atoms with E-state index in [1.54, 1.807) is 30.3 Å². The maximum absolute atomic E-state index is 12.2. The molecule has 2 aromatic rings. The van der Waals surface area contributed by atoms with Gasteiger partial charge in [0.15, 0.2) is 0 Å². The number of hydrogen-bond acceptors (Lipinski definition) is 3. The summed E-state index contributed by atoms with van der Waals surface area (Å²) in [6.07, 6.45) is 0. The van der Waals surface area contributed by atoms with Crippen molar-refractivity contribution in [2.75, 3.05) is 11.8 Å². The fraction of sp³-hybridized carbons (Fsp3) is 0.0769. The summed E-state index contributed by atoms with van der Waals surface area (Å²) >= 11 is 2.13. The van der Waals surface area contributed by atoms with Crippen molar-refractivity contribution in [3.05, 3.63) is 52.1 Å². The monoisotopic (exact) mass is 389 g/mol. The van der Waals surface area contributed by atoms with Crippen molar-refractivity contribution in [2.45, 2.75) is 4.90 Å². The molecule has 0 unspecified atom stereocenters. The molecule has 0 fully saturated rings. The number of nitrogens with one attached hydrogen (secondary N) is 1. The summed E-state index contributed by atoms with van der Waals surface area (Å²) in [4.78, 5) is 0.201. The number of anilines is 1. The SMILES string of the molecule is COc1ccc(S(=O)(=O)Nc2cccc(I)c2)cc1. The van der Waals surface area contributed by atoms with Crippen LogP contribution < -0.4 is 9.46 Å². The Bertz CT molecular complexity index is 669. The first kappa shape index (κ1) is 14.1. The van der Waals surface area contributed by atoms with Crippen molar-refractivity contribution >= 4 is 38.3 Å². The largest absolute Gasteiger partial charge is 0.497 e. The lowest BCUT2D eigenvalue weighted by atomic mass is 10.3. The normalized spacial score (nSPS) is 11.1. The van der Waals surface area contributed by atoms with Crippen LogP contribution in [0.1, 0.15) is 0 Å². The van der Waals surface area contributed by atoms with Gasteiger partial charge in [-0.3, -0.25) is 4.72 Å². The molecule has 0 atom stereocenters. The summed E-state index contributed by atoms with van der Waals surface area (Å²) in [7, 11) is -2.03. The Balaban J connectivity index is 2.27. The van der Waals surface area contributed by atoms with Gasteiger partial charge in [-0.2, -0.15) is 0 Å². The molecule has 0 bridgehead atoms. The van der Waals surface area contributed by atoms with E-state index in [1.807, 2.05) is 6.07 Å². The second-order valence-electron chi connectivity index (χ2n) is 3.79. The second kappa shape index (κ2) is 5.79. The predicted octanol–water partition coefficient (Wildman–Crippen LogP) is 3.10. The van der Waals surface area contributed by atoms with Gasteiger partial charge in [-0.25, -0.2) is 8.42 Å². The van der Waals surface area contributed by atoms with Crippen LogP contribution in [0.2, 0.25) is 0 Å². The van der Waals surface area contributed by atoms with E-state index in [1.165, 1.54) is 19.2 Å². The summed E-state index contributed by atoms with van der Waals surface area (Å²) in [6.45, 7) is 0. The second-order valence-corrected chi connectivity index (χ2v) is 6.72. The molecule has 100 valence electrons. The highest BCUT2D eigenvalue weighted by atomic mass is 127. The Morgan fingerprint density at radius 2 is 1.79 bits per heavy atom. The number of ether oxygens (including phenoxy) is 1. The molecule has 4 nitrogen and oxygen atoms in total. The molecule has 0 radical (unpaired) electrons. The zero-order valence-corrected chi connectivity index (χ0v) is 13.1. The third-order valence-corrected chi connectivity index (χ3v) is 4.51. The van der Waals surface area contributed by atoms with Crippen LogP contribution in [0.5, 0.6) is 5.75 Å². The van der Waals surface area contributed by atoms with Crippen LogP contribution in [-0.2, 0) is 10.0 Å². The molecule has 1 N–H and O–H groups in total. The maximum atomic E-state index is 12.2. The minimum absolute atomic E-state index is 0.201. The zero-order valence-electron chi connectivity index (χ0n) is 10.1. The van der Waals surface area contributed by atoms with Gasteiger partial charge in [0.25, 0.3) is 10.0 Å². The van der Waals surface area contributed by atoms with Crippen molar-refractivity contribution in [3.63, 3.8) is 0 Å². The van der Waals surface area contributed by atoms with Gasteiger partial charge in [-0.15, -0.1) is 0 Å². The average molecular weight is 389 g/mol. The maximum Gasteiger partial charge on any atom is 0.261 e. The average Bonchev–Trinajstić information content (AvgIpc) is 2.38. The first-order chi connectivity index (χ1) is 9.01. The molecule has 0 amide bonds. The van der Waals surface area contributed by atoms with E-state index >= 15 is 0 Å². The highest BCUT2D eigenvalue weighted by Gasteiger charge is 2.14. The Labute approximate surface area is 126 Å². The van der Waals surface area contributed by atoms with Gasteiger partial charge in [0.2, 0.25) is 0 Å². The van der Waals surface area contributed by atoms with Gasteiger partial charge in [-0.05, 0) is 65.1 Å². The van der Waals surface area contributed by atoms with E-state index in [9.17, 15) is 8.42 Å². The molecule has 0 saturated carbocycles. The molecule has 0 spiro atoms. The van der Waals surface area contributed by atoms with Crippen LogP contribution in [0.4, 0.5) is 5.69 Å². The molecule has 0 aliphatic rings. The lowest BCUT2D eigenvalue weighted by Gasteiger charge is -2.09. The van der Waals surface area contributed by atoms with E-state index in [0.29, 0.717) is 11.4 Å². The summed E-state index contributed by atoms with van der Waals surface area (Å²) in [5.41, 5.74) is 0.544. The van der Waals surface area contributed by atoms with Gasteiger partial charge in [0, 0.05) is 9.26 Å². The van der Waals surface area contributed by atoms with Crippen LogP contribution >= 0.6 is 22.6 Å². The Hall–Kier alpha value is -1.28. The van der Waals surface area contributed by atoms with Crippen molar-refractivity contribution in [3.8, 4) is 5.75 Å². The lowest BCUT2D eigenvalue weighted by Crippen LogP contribution is -2.12. The first-order valence-electron chi connectivity index (χ1n) is 5.44. The van der Waals surface area contributed by atoms with Gasteiger partial charge < -0.3 is 4.74 Å². The van der Waals surface area contributed by atoms with E-state index in [0.717, 1.165) is 3.57 Å². The van der Waals surface area contributed by atoms with Gasteiger partial charge in [0.05, 0.1) is 12.0 Å². The molecule has 2 aromatic carbocycles. The molecule has 0 heterocycles. The molecule has 2 rings (SSSR count). The molecule has 6 heteroatoms. The highest BCUT2D eigenvalue weighted by Crippen LogP contribution is 2.20. The van der Waals surface area contributed by atoms with Crippen molar-refractivity contribution < 1.29 is 13.2 Å². The lowest BCUT2D eigenvalue weighted by molar-refractivity contribution is 0.414. The molecule has 19 heavy (non-hydrogen) atoms. The number of benzene rings is 2. The van der Waals surface area contributed by atoms with E-state index < -0.39 is 10.0 Å². The summed E-state index contributed by atoms with van der Waals surface area (Å²) in [5, 5.41) is 0. The van der Waals surface area contributed by atoms with Crippen LogP contribution in [-0.4, -0.2) is 15.5 Å². The number of sulfonamides is 1. The molecule has 0 aliphatic carbocycles. The van der Waals surface area contributed by atoms with Gasteiger partial charge in [0.1, 0.15) is 5.75 Å². The quantitative estimate of drug-likeness (QED) is 0.818. The Kier molecular flexibility index (Phi) is 4.31. The summed E-state index contributed by atoms with van der Waals surface area (Å²) in [5.74, 6) is 0.619. The van der Waals surface area contributed by atoms with E-state index in [2.05, 4.69) is 27.3 Å². The van der Waals surface area contributed by atoms with E-state index in [4.69, 9.17) is 4.74 Å². The fourth-order valence-electron chi connectivity index (χ4n) is 1.52. The van der Waals surface area contributed by atoms with Crippen molar-refractivity contribution in [2.24, 2.45) is 0 Å². The smallest absolute Gasteiger partial charge is 0.261 e. The minimum atomic E-state index is -3.56. The molecule has 0 aromatic heterocycles. The standard InChI is InChI=1S/C13H12INO3S/c1-18-12-5-7-13(8-6-12)19(16,17)15-11-4-2-3-10(14)9-11/h2-9,15H,1H3. The number of rotatable bonds is 4. The third kappa shape index (κ3) is 3.60. The topological polar surface area (TPSA) is 55.4 Å². The third-order valence-electron chi connectivity index (χ3n) is 2.45. The van der Waals surface area contributed by atoms with Crippen LogP contribution in [0.3, 0.4) is 0 Å². The Morgan fingerprint density at radius 3 is 2.37 bits per heavy atom. The summed E-state index contributed by atoms with van der Waals surface area (Å²) in [6, 6.07) is 13.4. The minimum Gasteiger partial charge on any atom is -0.497 e. The van der Waals surface area contributed by atoms with Crippen LogP contribution in [0, 0.1) is 3.57 Å². The molecule has 0 saturated heterocycles. The molecular weight excluding hydrogens is 377 g/mol. The van der Waals surface area contributed by atoms with Gasteiger partial charge in [-0.1, -0.05) is 6.07 Å². The van der Waals surface area contributed by atoms with Crippen LogP contribution in [0.15, 0.2) is 53.4 Å². The molecular formula is C13H12INO3S. The summed E-state index contributed by atoms with van der Waals surface area (Å²) < 4.78 is 32.8. The Morgan fingerprint density at radius 1 is 1.11 bits per heavy atom. The first-order valence-corrected chi connectivity index (χ1v) is 8.00. The van der Waals surface area contributed by atoms with E-state index in [-0.39, 0.29) is 4.90 Å². The molecule has 0 aliphatic heterocycles. The van der Waals surface area contributed by atoms with Crippen molar-refractivity contribution in [1.82, 2.24) is 0 Å². The van der Waals surface area contributed by atoms with Crippen molar-refractivity contribution in [1.29, 1.82) is 0 Å². The van der Waals surface area contributed by atoms with Gasteiger partial charge >= 0.3 is 0 Å². The van der Waals surface area contributed by atoms with Crippen LogP contribution in [0.25, 0.3) is 0 Å². The number of hydrogen-bond donors (Lipinski definition) is 1. The number of methoxy groups -OCH3 is 1. The number of halogens is 1. The zero-order chi connectivity index (χ0) is 13.9. The highest BCUT2D eigenvalue weighted by molar-refractivity contribution is 14.1. The fourth-order valence-corrected chi connectivity index (χ4v) is 3.11. The predicted molar refractivity (Wildman–Crippen MR) is 83.0 cm³/mol.